The number of fused-ring (bicyclic) bond motifs is 1. The Hall–Kier alpha value is -3.46. The molecule has 4 aromatic rings. The molecule has 1 aliphatic rings. The average molecular weight is 477 g/mol. The Kier molecular flexibility index (Phi) is 6.19. The molecule has 0 radical (unpaired) electrons. The van der Waals surface area contributed by atoms with E-state index in [4.69, 9.17) is 9.97 Å². The molecule has 4 heterocycles. The number of imidazole rings is 1. The monoisotopic (exact) mass is 476 g/mol. The summed E-state index contributed by atoms with van der Waals surface area (Å²) in [7, 11) is 0. The first kappa shape index (κ1) is 22.3. The van der Waals surface area contributed by atoms with Crippen molar-refractivity contribution in [3.63, 3.8) is 0 Å². The molecule has 9 heteroatoms. The summed E-state index contributed by atoms with van der Waals surface area (Å²) in [5, 5.41) is 15.4. The predicted molar refractivity (Wildman–Crippen MR) is 134 cm³/mol. The molecule has 3 aromatic heterocycles. The SMILES string of the molecule is CC(C)CC(=O)N1CCC[C@@H](Nc2nccc(-c3c(-c4cccc(O)c4)nc4sccn34)n2)C1. The molecule has 176 valence electrons. The Morgan fingerprint density at radius 1 is 1.29 bits per heavy atom. The fraction of sp³-hybridized carbons (Fsp3) is 0.360. The van der Waals surface area contributed by atoms with Crippen molar-refractivity contribution in [1.29, 1.82) is 0 Å². The molecular weight excluding hydrogens is 448 g/mol. The van der Waals surface area contributed by atoms with E-state index >= 15 is 0 Å². The number of carbonyl (C=O) groups is 1. The van der Waals surface area contributed by atoms with E-state index in [-0.39, 0.29) is 17.7 Å². The van der Waals surface area contributed by atoms with Crippen molar-refractivity contribution < 1.29 is 9.90 Å². The number of piperidine rings is 1. The minimum atomic E-state index is 0.109. The Bertz CT molecular complexity index is 1310. The van der Waals surface area contributed by atoms with Gasteiger partial charge in [0.2, 0.25) is 11.9 Å². The fourth-order valence-electron chi connectivity index (χ4n) is 4.43. The van der Waals surface area contributed by atoms with Crippen LogP contribution in [-0.4, -0.2) is 54.4 Å². The summed E-state index contributed by atoms with van der Waals surface area (Å²) >= 11 is 1.55. The molecule has 1 saturated heterocycles. The molecule has 0 bridgehead atoms. The maximum atomic E-state index is 12.6. The standard InChI is InChI=1S/C25H28N6O2S/c1-16(2)13-21(33)30-10-4-6-18(15-30)27-24-26-9-8-20(28-24)23-22(17-5-3-7-19(32)14-17)29-25-31(23)11-12-34-25/h3,5,7-9,11-12,14,16,18,32H,4,6,10,13,15H2,1-2H3,(H,26,27,28)/t18-/m1/s1. The highest BCUT2D eigenvalue weighted by molar-refractivity contribution is 7.15. The molecule has 1 fully saturated rings. The molecule has 0 saturated carbocycles. The Morgan fingerprint density at radius 3 is 3.00 bits per heavy atom. The van der Waals surface area contributed by atoms with Crippen molar-refractivity contribution >= 4 is 28.2 Å². The number of phenolic OH excluding ortho intramolecular Hbond substituents is 1. The summed E-state index contributed by atoms with van der Waals surface area (Å²) in [6.07, 6.45) is 6.22. The van der Waals surface area contributed by atoms with Gasteiger partial charge in [0, 0.05) is 48.9 Å². The van der Waals surface area contributed by atoms with Gasteiger partial charge in [-0.1, -0.05) is 26.0 Å². The van der Waals surface area contributed by atoms with Crippen LogP contribution in [0, 0.1) is 5.92 Å². The van der Waals surface area contributed by atoms with Gasteiger partial charge in [-0.05, 0) is 37.0 Å². The van der Waals surface area contributed by atoms with Crippen LogP contribution in [0.3, 0.4) is 0 Å². The number of rotatable bonds is 6. The molecule has 1 atom stereocenters. The summed E-state index contributed by atoms with van der Waals surface area (Å²) in [5.41, 5.74) is 3.18. The summed E-state index contributed by atoms with van der Waals surface area (Å²) in [5.74, 6) is 1.30. The number of phenols is 1. The number of aromatic nitrogens is 4. The highest BCUT2D eigenvalue weighted by Crippen LogP contribution is 2.34. The van der Waals surface area contributed by atoms with E-state index in [1.165, 1.54) is 0 Å². The maximum Gasteiger partial charge on any atom is 0.223 e. The van der Waals surface area contributed by atoms with Crippen molar-refractivity contribution in [3.8, 4) is 28.4 Å². The van der Waals surface area contributed by atoms with E-state index in [1.54, 1.807) is 29.7 Å². The zero-order chi connectivity index (χ0) is 23.7. The molecule has 5 rings (SSSR count). The van der Waals surface area contributed by atoms with Crippen LogP contribution >= 0.6 is 11.3 Å². The van der Waals surface area contributed by atoms with Crippen LogP contribution in [-0.2, 0) is 4.79 Å². The van der Waals surface area contributed by atoms with Crippen LogP contribution in [0.4, 0.5) is 5.95 Å². The fourth-order valence-corrected chi connectivity index (χ4v) is 5.14. The molecular formula is C25H28N6O2S. The summed E-state index contributed by atoms with van der Waals surface area (Å²) in [4.78, 5) is 29.4. The van der Waals surface area contributed by atoms with Crippen molar-refractivity contribution in [2.24, 2.45) is 5.92 Å². The van der Waals surface area contributed by atoms with E-state index in [0.717, 1.165) is 47.0 Å². The first-order valence-electron chi connectivity index (χ1n) is 11.6. The number of carbonyl (C=O) groups excluding carboxylic acids is 1. The molecule has 8 nitrogen and oxygen atoms in total. The van der Waals surface area contributed by atoms with E-state index < -0.39 is 0 Å². The zero-order valence-corrected chi connectivity index (χ0v) is 20.1. The largest absolute Gasteiger partial charge is 0.508 e. The zero-order valence-electron chi connectivity index (χ0n) is 19.3. The van der Waals surface area contributed by atoms with E-state index in [2.05, 4.69) is 24.1 Å². The van der Waals surface area contributed by atoms with E-state index in [9.17, 15) is 9.90 Å². The van der Waals surface area contributed by atoms with Gasteiger partial charge in [-0.2, -0.15) is 0 Å². The van der Waals surface area contributed by atoms with Crippen LogP contribution in [0.5, 0.6) is 5.75 Å². The molecule has 0 unspecified atom stereocenters. The first-order chi connectivity index (χ1) is 16.5. The number of hydrogen-bond donors (Lipinski definition) is 2. The van der Waals surface area contributed by atoms with Gasteiger partial charge < -0.3 is 15.3 Å². The van der Waals surface area contributed by atoms with Crippen molar-refractivity contribution in [1.82, 2.24) is 24.3 Å². The van der Waals surface area contributed by atoms with Gasteiger partial charge >= 0.3 is 0 Å². The second kappa shape index (κ2) is 9.42. The number of nitrogens with one attached hydrogen (secondary N) is 1. The second-order valence-corrected chi connectivity index (χ2v) is 9.97. The normalized spacial score (nSPS) is 16.3. The quantitative estimate of drug-likeness (QED) is 0.420. The van der Waals surface area contributed by atoms with Gasteiger partial charge in [-0.15, -0.1) is 11.3 Å². The van der Waals surface area contributed by atoms with Crippen LogP contribution in [0.25, 0.3) is 27.6 Å². The molecule has 0 aliphatic carbocycles. The first-order valence-corrected chi connectivity index (χ1v) is 12.5. The summed E-state index contributed by atoms with van der Waals surface area (Å²) in [6.45, 7) is 5.62. The van der Waals surface area contributed by atoms with Gasteiger partial charge in [0.1, 0.15) is 11.4 Å². The van der Waals surface area contributed by atoms with Crippen LogP contribution in [0.15, 0.2) is 48.1 Å². The van der Waals surface area contributed by atoms with Gasteiger partial charge in [-0.3, -0.25) is 9.20 Å². The second-order valence-electron chi connectivity index (χ2n) is 9.10. The smallest absolute Gasteiger partial charge is 0.223 e. The minimum Gasteiger partial charge on any atom is -0.508 e. The number of aromatic hydroxyl groups is 1. The number of hydrogen-bond acceptors (Lipinski definition) is 7. The number of nitrogens with zero attached hydrogens (tertiary/aromatic N) is 5. The van der Waals surface area contributed by atoms with Crippen LogP contribution in [0.2, 0.25) is 0 Å². The maximum absolute atomic E-state index is 12.6. The summed E-state index contributed by atoms with van der Waals surface area (Å²) < 4.78 is 2.02. The topological polar surface area (TPSA) is 95.7 Å². The Balaban J connectivity index is 1.42. The third-order valence-corrected chi connectivity index (χ3v) is 6.73. The lowest BCUT2D eigenvalue weighted by molar-refractivity contribution is -0.133. The minimum absolute atomic E-state index is 0.109. The molecule has 34 heavy (non-hydrogen) atoms. The van der Waals surface area contributed by atoms with Gasteiger partial charge in [0.25, 0.3) is 0 Å². The third kappa shape index (κ3) is 4.61. The number of amides is 1. The van der Waals surface area contributed by atoms with Gasteiger partial charge in [0.15, 0.2) is 4.96 Å². The predicted octanol–water partition coefficient (Wildman–Crippen LogP) is 4.67. The van der Waals surface area contributed by atoms with Gasteiger partial charge in [0.05, 0.1) is 11.4 Å². The highest BCUT2D eigenvalue weighted by atomic mass is 32.1. The van der Waals surface area contributed by atoms with Crippen molar-refractivity contribution in [2.75, 3.05) is 18.4 Å². The summed E-state index contributed by atoms with van der Waals surface area (Å²) in [6, 6.07) is 9.08. The lowest BCUT2D eigenvalue weighted by Crippen LogP contribution is -2.45. The number of anilines is 1. The van der Waals surface area contributed by atoms with Gasteiger partial charge in [-0.25, -0.2) is 15.0 Å². The van der Waals surface area contributed by atoms with E-state index in [0.29, 0.717) is 24.8 Å². The lowest BCUT2D eigenvalue weighted by atomic mass is 10.0. The average Bonchev–Trinajstić information content (AvgIpc) is 3.40. The Morgan fingerprint density at radius 2 is 2.18 bits per heavy atom. The number of likely N-dealkylation sites (tertiary alicyclic amines) is 1. The number of thiazole rings is 1. The molecule has 1 amide bonds. The molecule has 1 aromatic carbocycles. The molecule has 0 spiro atoms. The molecule has 2 N–H and O–H groups in total. The molecule has 1 aliphatic heterocycles. The Labute approximate surface area is 202 Å². The van der Waals surface area contributed by atoms with Crippen LogP contribution < -0.4 is 5.32 Å². The van der Waals surface area contributed by atoms with Crippen LogP contribution in [0.1, 0.15) is 33.1 Å². The third-order valence-electron chi connectivity index (χ3n) is 5.97. The number of benzene rings is 1. The van der Waals surface area contributed by atoms with Crippen molar-refractivity contribution in [2.45, 2.75) is 39.2 Å². The van der Waals surface area contributed by atoms with E-state index in [1.807, 2.05) is 39.1 Å². The highest BCUT2D eigenvalue weighted by Gasteiger charge is 2.25. The lowest BCUT2D eigenvalue weighted by Gasteiger charge is -2.33. The van der Waals surface area contributed by atoms with Crippen molar-refractivity contribution in [3.05, 3.63) is 48.1 Å².